The van der Waals surface area contributed by atoms with Crippen molar-refractivity contribution in [1.29, 1.82) is 0 Å². The standard InChI is InChI=1S/C20H22N4OS/c25-18(17-12-7-13-21-17)14-26-20-22-19(15-8-3-1-4-9-15)24(23-20)16-10-5-2-6-11-16/h2,5-7,10-13,15,21H,1,3-4,8-9,14H2. The number of ketones is 1. The molecule has 0 spiro atoms. The maximum absolute atomic E-state index is 12.2. The predicted molar refractivity (Wildman–Crippen MR) is 103 cm³/mol. The Morgan fingerprint density at radius 2 is 1.92 bits per heavy atom. The first-order valence-electron chi connectivity index (χ1n) is 9.13. The number of nitrogens with zero attached hydrogens (tertiary/aromatic N) is 3. The largest absolute Gasteiger partial charge is 0.359 e. The minimum Gasteiger partial charge on any atom is -0.359 e. The van der Waals surface area contributed by atoms with Gasteiger partial charge < -0.3 is 4.98 Å². The third-order valence-corrected chi connectivity index (χ3v) is 5.65. The fourth-order valence-corrected chi connectivity index (χ4v) is 4.17. The maximum atomic E-state index is 12.2. The molecule has 2 heterocycles. The van der Waals surface area contributed by atoms with E-state index in [4.69, 9.17) is 10.1 Å². The molecule has 3 aromatic rings. The number of nitrogens with one attached hydrogen (secondary N) is 1. The number of aromatic nitrogens is 4. The Labute approximate surface area is 157 Å². The molecule has 1 fully saturated rings. The Morgan fingerprint density at radius 1 is 1.12 bits per heavy atom. The zero-order valence-electron chi connectivity index (χ0n) is 14.6. The number of carbonyl (C=O) groups excluding carboxylic acids is 1. The first-order chi connectivity index (χ1) is 12.8. The summed E-state index contributed by atoms with van der Waals surface area (Å²) >= 11 is 1.41. The van der Waals surface area contributed by atoms with Gasteiger partial charge in [0.1, 0.15) is 5.82 Å². The minimum atomic E-state index is 0.0651. The molecular weight excluding hydrogens is 344 g/mol. The Kier molecular flexibility index (Phi) is 5.20. The summed E-state index contributed by atoms with van der Waals surface area (Å²) in [4.78, 5) is 20.0. The van der Waals surface area contributed by atoms with Gasteiger partial charge in [0.2, 0.25) is 5.16 Å². The zero-order valence-corrected chi connectivity index (χ0v) is 15.4. The van der Waals surface area contributed by atoms with Crippen molar-refractivity contribution in [3.05, 3.63) is 60.2 Å². The lowest BCUT2D eigenvalue weighted by Crippen LogP contribution is -2.12. The highest BCUT2D eigenvalue weighted by Gasteiger charge is 2.23. The van der Waals surface area contributed by atoms with Crippen molar-refractivity contribution < 1.29 is 4.79 Å². The molecule has 6 heteroatoms. The van der Waals surface area contributed by atoms with Crippen molar-refractivity contribution in [2.45, 2.75) is 43.2 Å². The van der Waals surface area contributed by atoms with Crippen LogP contribution in [0.3, 0.4) is 0 Å². The molecule has 0 radical (unpaired) electrons. The topological polar surface area (TPSA) is 63.6 Å². The van der Waals surface area contributed by atoms with Crippen LogP contribution in [0, 0.1) is 0 Å². The van der Waals surface area contributed by atoms with Crippen LogP contribution in [-0.2, 0) is 0 Å². The molecule has 1 saturated carbocycles. The number of hydrogen-bond acceptors (Lipinski definition) is 4. The third-order valence-electron chi connectivity index (χ3n) is 4.81. The molecule has 1 aliphatic rings. The molecule has 0 unspecified atom stereocenters. The van der Waals surface area contributed by atoms with Crippen LogP contribution in [0.15, 0.2) is 53.8 Å². The lowest BCUT2D eigenvalue weighted by Gasteiger charge is -2.21. The van der Waals surface area contributed by atoms with Crippen LogP contribution >= 0.6 is 11.8 Å². The molecule has 0 atom stereocenters. The van der Waals surface area contributed by atoms with Crippen LogP contribution in [0.25, 0.3) is 5.69 Å². The second-order valence-electron chi connectivity index (χ2n) is 6.63. The predicted octanol–water partition coefficient (Wildman–Crippen LogP) is 4.62. The highest BCUT2D eigenvalue weighted by atomic mass is 32.2. The number of hydrogen-bond donors (Lipinski definition) is 1. The van der Waals surface area contributed by atoms with Gasteiger partial charge in [0.15, 0.2) is 5.78 Å². The number of carbonyl (C=O) groups is 1. The van der Waals surface area contributed by atoms with Gasteiger partial charge in [-0.05, 0) is 37.1 Å². The van der Waals surface area contributed by atoms with Crippen LogP contribution in [0.2, 0.25) is 0 Å². The van der Waals surface area contributed by atoms with Gasteiger partial charge in [0.05, 0.1) is 17.1 Å². The van der Waals surface area contributed by atoms with Crippen molar-refractivity contribution in [2.24, 2.45) is 0 Å². The van der Waals surface area contributed by atoms with E-state index in [0.29, 0.717) is 22.5 Å². The SMILES string of the molecule is O=C(CSc1nc(C2CCCCC2)n(-c2ccccc2)n1)c1ccc[nH]1. The Bertz CT molecular complexity index is 851. The number of rotatable bonds is 6. The quantitative estimate of drug-likeness (QED) is 0.511. The van der Waals surface area contributed by atoms with Crippen molar-refractivity contribution in [3.63, 3.8) is 0 Å². The first-order valence-corrected chi connectivity index (χ1v) is 10.1. The molecule has 0 bridgehead atoms. The molecule has 5 nitrogen and oxygen atoms in total. The molecule has 0 aliphatic heterocycles. The van der Waals surface area contributed by atoms with Crippen LogP contribution in [-0.4, -0.2) is 31.3 Å². The van der Waals surface area contributed by atoms with Gasteiger partial charge in [-0.3, -0.25) is 4.79 Å². The number of H-pyrrole nitrogens is 1. The van der Waals surface area contributed by atoms with Crippen LogP contribution < -0.4 is 0 Å². The lowest BCUT2D eigenvalue weighted by molar-refractivity contribution is 0.101. The third kappa shape index (κ3) is 3.75. The molecule has 1 aliphatic carbocycles. The van der Waals surface area contributed by atoms with E-state index in [2.05, 4.69) is 17.1 Å². The van der Waals surface area contributed by atoms with Crippen molar-refractivity contribution in [1.82, 2.24) is 19.7 Å². The number of Topliss-reactive ketones (excluding diaryl/α,β-unsaturated/α-hetero) is 1. The van der Waals surface area contributed by atoms with E-state index in [9.17, 15) is 4.79 Å². The summed E-state index contributed by atoms with van der Waals surface area (Å²) in [6, 6.07) is 13.8. The van der Waals surface area contributed by atoms with Crippen LogP contribution in [0.5, 0.6) is 0 Å². The van der Waals surface area contributed by atoms with E-state index in [-0.39, 0.29) is 5.78 Å². The van der Waals surface area contributed by atoms with E-state index in [1.165, 1.54) is 31.0 Å². The molecule has 1 N–H and O–H groups in total. The Balaban J connectivity index is 1.57. The van der Waals surface area contributed by atoms with Gasteiger partial charge in [0, 0.05) is 12.1 Å². The fourth-order valence-electron chi connectivity index (χ4n) is 3.46. The van der Waals surface area contributed by atoms with Gasteiger partial charge in [-0.25, -0.2) is 9.67 Å². The maximum Gasteiger partial charge on any atom is 0.209 e. The number of benzene rings is 1. The van der Waals surface area contributed by atoms with E-state index in [1.807, 2.05) is 28.9 Å². The van der Waals surface area contributed by atoms with Gasteiger partial charge >= 0.3 is 0 Å². The summed E-state index contributed by atoms with van der Waals surface area (Å²) in [5.41, 5.74) is 1.66. The van der Waals surface area contributed by atoms with Gasteiger partial charge in [-0.15, -0.1) is 5.10 Å². The fraction of sp³-hybridized carbons (Fsp3) is 0.350. The summed E-state index contributed by atoms with van der Waals surface area (Å²) in [6.07, 6.45) is 7.90. The molecular formula is C20H22N4OS. The number of para-hydroxylation sites is 1. The molecule has 134 valence electrons. The Hall–Kier alpha value is -2.34. The summed E-state index contributed by atoms with van der Waals surface area (Å²) in [7, 11) is 0. The van der Waals surface area contributed by atoms with E-state index < -0.39 is 0 Å². The monoisotopic (exact) mass is 366 g/mol. The summed E-state index contributed by atoms with van der Waals surface area (Å²) in [6.45, 7) is 0. The van der Waals surface area contributed by atoms with E-state index in [1.54, 1.807) is 12.3 Å². The second kappa shape index (κ2) is 7.91. The van der Waals surface area contributed by atoms with Gasteiger partial charge in [-0.2, -0.15) is 0 Å². The normalized spacial score (nSPS) is 15.2. The number of aromatic amines is 1. The highest BCUT2D eigenvalue weighted by Crippen LogP contribution is 2.33. The second-order valence-corrected chi connectivity index (χ2v) is 7.57. The average Bonchev–Trinajstić information content (AvgIpc) is 3.38. The molecule has 26 heavy (non-hydrogen) atoms. The molecule has 0 saturated heterocycles. The molecule has 2 aromatic heterocycles. The smallest absolute Gasteiger partial charge is 0.209 e. The van der Waals surface area contributed by atoms with Crippen molar-refractivity contribution in [2.75, 3.05) is 5.75 Å². The minimum absolute atomic E-state index is 0.0651. The first kappa shape index (κ1) is 17.1. The zero-order chi connectivity index (χ0) is 17.8. The van der Waals surface area contributed by atoms with E-state index >= 15 is 0 Å². The van der Waals surface area contributed by atoms with Gasteiger partial charge in [0.25, 0.3) is 0 Å². The molecule has 4 rings (SSSR count). The van der Waals surface area contributed by atoms with Gasteiger partial charge in [-0.1, -0.05) is 49.2 Å². The van der Waals surface area contributed by atoms with Crippen molar-refractivity contribution in [3.8, 4) is 5.69 Å². The Morgan fingerprint density at radius 3 is 2.65 bits per heavy atom. The summed E-state index contributed by atoms with van der Waals surface area (Å²) in [5, 5.41) is 5.39. The van der Waals surface area contributed by atoms with Crippen LogP contribution in [0.4, 0.5) is 0 Å². The molecule has 0 amide bonds. The molecule has 1 aromatic carbocycles. The van der Waals surface area contributed by atoms with Crippen molar-refractivity contribution >= 4 is 17.5 Å². The van der Waals surface area contributed by atoms with Crippen LogP contribution in [0.1, 0.15) is 54.3 Å². The number of thioether (sulfide) groups is 1. The highest BCUT2D eigenvalue weighted by molar-refractivity contribution is 7.99. The summed E-state index contributed by atoms with van der Waals surface area (Å²) < 4.78 is 1.97. The van der Waals surface area contributed by atoms with E-state index in [0.717, 1.165) is 24.4 Å². The lowest BCUT2D eigenvalue weighted by atomic mass is 9.88. The summed E-state index contributed by atoms with van der Waals surface area (Å²) in [5.74, 6) is 1.88. The average molecular weight is 366 g/mol.